The van der Waals surface area contributed by atoms with Crippen LogP contribution < -0.4 is 0 Å². The van der Waals surface area contributed by atoms with Crippen LogP contribution in [-0.4, -0.2) is 19.9 Å². The molecule has 11 aromatic rings. The van der Waals surface area contributed by atoms with E-state index in [-0.39, 0.29) is 0 Å². The van der Waals surface area contributed by atoms with E-state index in [1.54, 1.807) is 0 Å². The lowest BCUT2D eigenvalue weighted by atomic mass is 9.92. The fourth-order valence-corrected chi connectivity index (χ4v) is 7.92. The van der Waals surface area contributed by atoms with E-state index in [1.165, 1.54) is 0 Å². The van der Waals surface area contributed by atoms with E-state index in [1.807, 2.05) is 48.5 Å². The van der Waals surface area contributed by atoms with Gasteiger partial charge in [0.25, 0.3) is 0 Å². The zero-order valence-electron chi connectivity index (χ0n) is 30.7. The molecule has 0 fully saturated rings. The molecule has 0 saturated heterocycles. The summed E-state index contributed by atoms with van der Waals surface area (Å²) >= 11 is 0. The summed E-state index contributed by atoms with van der Waals surface area (Å²) in [7, 11) is 0. The Morgan fingerprint density at radius 2 is 0.772 bits per heavy atom. The lowest BCUT2D eigenvalue weighted by Gasteiger charge is -2.14. The first-order valence-corrected chi connectivity index (χ1v) is 19.0. The molecule has 0 aliphatic heterocycles. The van der Waals surface area contributed by atoms with Crippen molar-refractivity contribution in [2.24, 2.45) is 0 Å². The summed E-state index contributed by atoms with van der Waals surface area (Å²) in [5.74, 6) is 2.44. The zero-order valence-corrected chi connectivity index (χ0v) is 30.7. The van der Waals surface area contributed by atoms with Gasteiger partial charge in [-0.05, 0) is 68.1 Å². The average Bonchev–Trinajstić information content (AvgIpc) is 3.74. The molecule has 0 saturated carbocycles. The molecule has 0 amide bonds. The van der Waals surface area contributed by atoms with Crippen LogP contribution in [0.1, 0.15) is 0 Å². The van der Waals surface area contributed by atoms with Crippen molar-refractivity contribution >= 4 is 43.4 Å². The average molecular weight is 729 g/mol. The van der Waals surface area contributed by atoms with Crippen molar-refractivity contribution in [1.29, 1.82) is 0 Å². The minimum atomic E-state index is 0.606. The Hall–Kier alpha value is -7.76. The number of fused-ring (bicyclic) bond motifs is 7. The SMILES string of the molecule is c1ccc(-c2ccc(-c3nc(-c4ccc(-c5ccccc5)cc4)nc(-c4cc5ccc6ccc7nc(-c8ccccc8)oc7c6c5c5ccccc45)n3)cc2)cc1. The highest BCUT2D eigenvalue weighted by Gasteiger charge is 2.20. The van der Waals surface area contributed by atoms with E-state index in [0.29, 0.717) is 23.4 Å². The molecule has 5 nitrogen and oxygen atoms in total. The van der Waals surface area contributed by atoms with Gasteiger partial charge in [0.1, 0.15) is 5.52 Å². The molecule has 0 aliphatic rings. The first-order chi connectivity index (χ1) is 28.2. The summed E-state index contributed by atoms with van der Waals surface area (Å²) in [6.07, 6.45) is 0. The topological polar surface area (TPSA) is 64.7 Å². The van der Waals surface area contributed by atoms with Crippen molar-refractivity contribution < 1.29 is 4.42 Å². The summed E-state index contributed by atoms with van der Waals surface area (Å²) in [4.78, 5) is 20.5. The van der Waals surface area contributed by atoms with Gasteiger partial charge < -0.3 is 4.42 Å². The van der Waals surface area contributed by atoms with Crippen molar-refractivity contribution in [3.8, 4) is 67.9 Å². The predicted octanol–water partition coefficient (Wildman–Crippen LogP) is 13.5. The van der Waals surface area contributed by atoms with Crippen LogP contribution in [0, 0.1) is 0 Å². The summed E-state index contributed by atoms with van der Waals surface area (Å²) in [6, 6.07) is 67.0. The second-order valence-electron chi connectivity index (χ2n) is 14.2. The number of rotatable bonds is 6. The molecule has 2 aromatic heterocycles. The smallest absolute Gasteiger partial charge is 0.227 e. The van der Waals surface area contributed by atoms with Crippen molar-refractivity contribution in [2.45, 2.75) is 0 Å². The largest absolute Gasteiger partial charge is 0.435 e. The van der Waals surface area contributed by atoms with E-state index < -0.39 is 0 Å². The number of benzene rings is 9. The standard InChI is InChI=1S/C52H32N4O/c1-4-12-33(13-5-1)35-20-25-38(26-21-35)49-54-50(39-27-22-36(23-28-39)34-14-6-2-7-15-34)56-51(55-49)44-32-41-29-24-37-30-31-45-48(57-52(53-45)40-16-8-3-9-17-40)47(37)46(41)43-19-11-10-18-42(43)44/h1-32H. The summed E-state index contributed by atoms with van der Waals surface area (Å²) in [5.41, 5.74) is 9.89. The third-order valence-electron chi connectivity index (χ3n) is 10.8. The van der Waals surface area contributed by atoms with Crippen molar-refractivity contribution in [1.82, 2.24) is 19.9 Å². The van der Waals surface area contributed by atoms with E-state index in [0.717, 1.165) is 87.9 Å². The Bertz CT molecular complexity index is 3150. The Morgan fingerprint density at radius 3 is 1.37 bits per heavy atom. The summed E-state index contributed by atoms with van der Waals surface area (Å²) in [6.45, 7) is 0. The molecule has 0 radical (unpaired) electrons. The fraction of sp³-hybridized carbons (Fsp3) is 0. The van der Waals surface area contributed by atoms with Gasteiger partial charge in [-0.25, -0.2) is 19.9 Å². The first-order valence-electron chi connectivity index (χ1n) is 19.0. The van der Waals surface area contributed by atoms with Crippen LogP contribution in [0.2, 0.25) is 0 Å². The highest BCUT2D eigenvalue weighted by atomic mass is 16.3. The minimum absolute atomic E-state index is 0.606. The molecule has 0 unspecified atom stereocenters. The van der Waals surface area contributed by atoms with E-state index >= 15 is 0 Å². The number of hydrogen-bond acceptors (Lipinski definition) is 5. The second-order valence-corrected chi connectivity index (χ2v) is 14.2. The first kappa shape index (κ1) is 32.7. The van der Waals surface area contributed by atoms with Crippen LogP contribution in [0.15, 0.2) is 199 Å². The highest BCUT2D eigenvalue weighted by Crippen LogP contribution is 2.41. The van der Waals surface area contributed by atoms with Crippen LogP contribution >= 0.6 is 0 Å². The Balaban J connectivity index is 1.11. The summed E-state index contributed by atoms with van der Waals surface area (Å²) < 4.78 is 6.60. The predicted molar refractivity (Wildman–Crippen MR) is 233 cm³/mol. The van der Waals surface area contributed by atoms with Gasteiger partial charge in [0, 0.05) is 33.0 Å². The fourth-order valence-electron chi connectivity index (χ4n) is 7.92. The Kier molecular flexibility index (Phi) is 7.74. The van der Waals surface area contributed by atoms with E-state index in [2.05, 4.69) is 146 Å². The van der Waals surface area contributed by atoms with Crippen LogP contribution in [-0.2, 0) is 0 Å². The molecule has 57 heavy (non-hydrogen) atoms. The number of aromatic nitrogens is 4. The van der Waals surface area contributed by atoms with Gasteiger partial charge in [-0.3, -0.25) is 0 Å². The minimum Gasteiger partial charge on any atom is -0.435 e. The Labute approximate surface area is 328 Å². The van der Waals surface area contributed by atoms with Crippen molar-refractivity contribution in [2.75, 3.05) is 0 Å². The molecular weight excluding hydrogens is 697 g/mol. The van der Waals surface area contributed by atoms with Crippen molar-refractivity contribution in [3.63, 3.8) is 0 Å². The van der Waals surface area contributed by atoms with Crippen LogP contribution in [0.5, 0.6) is 0 Å². The highest BCUT2D eigenvalue weighted by molar-refractivity contribution is 6.28. The molecule has 2 heterocycles. The van der Waals surface area contributed by atoms with E-state index in [4.69, 9.17) is 24.4 Å². The number of hydrogen-bond donors (Lipinski definition) is 0. The molecule has 0 N–H and O–H groups in total. The zero-order chi connectivity index (χ0) is 37.7. The number of oxazole rings is 1. The van der Waals surface area contributed by atoms with Gasteiger partial charge in [0.15, 0.2) is 23.1 Å². The maximum atomic E-state index is 6.60. The molecule has 9 aromatic carbocycles. The second kappa shape index (κ2) is 13.5. The van der Waals surface area contributed by atoms with Gasteiger partial charge in [-0.1, -0.05) is 170 Å². The lowest BCUT2D eigenvalue weighted by Crippen LogP contribution is -2.01. The monoisotopic (exact) mass is 728 g/mol. The molecule has 0 atom stereocenters. The number of nitrogens with zero attached hydrogens (tertiary/aromatic N) is 4. The van der Waals surface area contributed by atoms with Gasteiger partial charge >= 0.3 is 0 Å². The van der Waals surface area contributed by atoms with Gasteiger partial charge in [0.05, 0.1) is 0 Å². The van der Waals surface area contributed by atoms with Gasteiger partial charge in [0.2, 0.25) is 5.89 Å². The molecule has 11 rings (SSSR count). The molecule has 0 spiro atoms. The van der Waals surface area contributed by atoms with Crippen LogP contribution in [0.25, 0.3) is 111 Å². The quantitative estimate of drug-likeness (QED) is 0.160. The van der Waals surface area contributed by atoms with E-state index in [9.17, 15) is 0 Å². The third kappa shape index (κ3) is 5.81. The van der Waals surface area contributed by atoms with Gasteiger partial charge in [-0.2, -0.15) is 0 Å². The molecule has 266 valence electrons. The maximum absolute atomic E-state index is 6.60. The van der Waals surface area contributed by atoms with Gasteiger partial charge in [-0.15, -0.1) is 0 Å². The normalized spacial score (nSPS) is 11.5. The lowest BCUT2D eigenvalue weighted by molar-refractivity contribution is 0.623. The molecular formula is C52H32N4O. The molecule has 0 aliphatic carbocycles. The summed E-state index contributed by atoms with van der Waals surface area (Å²) in [5, 5.41) is 6.42. The Morgan fingerprint density at radius 1 is 0.316 bits per heavy atom. The van der Waals surface area contributed by atoms with Crippen LogP contribution in [0.3, 0.4) is 0 Å². The molecule has 5 heteroatoms. The maximum Gasteiger partial charge on any atom is 0.227 e. The van der Waals surface area contributed by atoms with Crippen molar-refractivity contribution in [3.05, 3.63) is 194 Å². The molecule has 0 bridgehead atoms. The third-order valence-corrected chi connectivity index (χ3v) is 10.8. The van der Waals surface area contributed by atoms with Crippen LogP contribution in [0.4, 0.5) is 0 Å².